The number of nitrogens with zero attached hydrogens (tertiary/aromatic N) is 1. The second kappa shape index (κ2) is 7.07. The smallest absolute Gasteiger partial charge is 0.423 e. The molecule has 0 spiro atoms. The lowest BCUT2D eigenvalue weighted by atomic mass is 9.78. The van der Waals surface area contributed by atoms with Crippen molar-refractivity contribution in [3.63, 3.8) is 0 Å². The average molecular weight is 289 g/mol. The van der Waals surface area contributed by atoms with Crippen LogP contribution in [0.15, 0.2) is 12.1 Å². The van der Waals surface area contributed by atoms with Gasteiger partial charge < -0.3 is 10.0 Å². The molecule has 0 fully saturated rings. The highest BCUT2D eigenvalue weighted by Gasteiger charge is 2.36. The minimum atomic E-state index is -1.79. The van der Waals surface area contributed by atoms with Gasteiger partial charge in [-0.25, -0.2) is 0 Å². The molecule has 0 saturated heterocycles. The van der Waals surface area contributed by atoms with Gasteiger partial charge in [0, 0.05) is 0 Å². The van der Waals surface area contributed by atoms with Gasteiger partial charge in [0.15, 0.2) is 0 Å². The Morgan fingerprint density at radius 3 is 2.00 bits per heavy atom. The molecule has 0 amide bonds. The zero-order valence-corrected chi connectivity index (χ0v) is 13.9. The zero-order chi connectivity index (χ0) is 15.3. The summed E-state index contributed by atoms with van der Waals surface area (Å²) in [6.45, 7) is 8.59. The molecular formula is C15H24BNO2Si. The van der Waals surface area contributed by atoms with Crippen LogP contribution in [0.4, 0.5) is 0 Å². The lowest BCUT2D eigenvalue weighted by Gasteiger charge is -2.33. The van der Waals surface area contributed by atoms with Crippen molar-refractivity contribution >= 4 is 25.8 Å². The second-order valence-corrected chi connectivity index (χ2v) is 10.4. The van der Waals surface area contributed by atoms with E-state index in [1.165, 1.54) is 0 Å². The molecule has 0 saturated carbocycles. The highest BCUT2D eigenvalue weighted by Crippen LogP contribution is 2.23. The molecule has 0 aromatic heterocycles. The third kappa shape index (κ3) is 2.83. The molecule has 1 rings (SSSR count). The summed E-state index contributed by atoms with van der Waals surface area (Å²) < 4.78 is 0. The summed E-state index contributed by atoms with van der Waals surface area (Å²) in [5.41, 5.74) is 2.31. The fraction of sp³-hybridized carbons (Fsp3) is 0.533. The minimum Gasteiger partial charge on any atom is -0.423 e. The van der Waals surface area contributed by atoms with Crippen molar-refractivity contribution in [2.24, 2.45) is 0 Å². The van der Waals surface area contributed by atoms with Gasteiger partial charge in [-0.05, 0) is 23.5 Å². The van der Waals surface area contributed by atoms with Crippen LogP contribution in [0.1, 0.15) is 38.8 Å². The van der Waals surface area contributed by atoms with Gasteiger partial charge in [-0.15, -0.1) is 0 Å². The van der Waals surface area contributed by atoms with Crippen molar-refractivity contribution in [3.05, 3.63) is 23.3 Å². The molecule has 1 aromatic carbocycles. The maximum Gasteiger partial charge on any atom is 0.488 e. The first-order valence-corrected chi connectivity index (χ1v) is 10.1. The molecule has 0 atom stereocenters. The number of rotatable bonds is 6. The van der Waals surface area contributed by atoms with Crippen LogP contribution in [-0.4, -0.2) is 25.2 Å². The third-order valence-electron chi connectivity index (χ3n) is 4.66. The molecule has 0 aliphatic carbocycles. The molecule has 0 radical (unpaired) electrons. The van der Waals surface area contributed by atoms with E-state index in [4.69, 9.17) is 0 Å². The number of hydrogen-bond acceptors (Lipinski definition) is 3. The molecule has 0 heterocycles. The maximum absolute atomic E-state index is 9.73. The van der Waals surface area contributed by atoms with Gasteiger partial charge in [0.1, 0.15) is 0 Å². The van der Waals surface area contributed by atoms with Gasteiger partial charge >= 0.3 is 7.12 Å². The monoisotopic (exact) mass is 289 g/mol. The van der Waals surface area contributed by atoms with E-state index in [0.29, 0.717) is 11.0 Å². The van der Waals surface area contributed by atoms with E-state index in [0.717, 1.165) is 35.3 Å². The Bertz CT molecular complexity index is 499. The number of hydrogen-bond donors (Lipinski definition) is 2. The Kier molecular flexibility index (Phi) is 6.00. The van der Waals surface area contributed by atoms with Crippen LogP contribution in [0, 0.1) is 11.3 Å². The van der Waals surface area contributed by atoms with Gasteiger partial charge in [-0.2, -0.15) is 5.26 Å². The number of benzene rings is 1. The van der Waals surface area contributed by atoms with Crippen molar-refractivity contribution in [1.29, 1.82) is 5.26 Å². The van der Waals surface area contributed by atoms with Crippen LogP contribution in [0.3, 0.4) is 0 Å². The Labute approximate surface area is 123 Å². The van der Waals surface area contributed by atoms with E-state index in [9.17, 15) is 15.3 Å². The van der Waals surface area contributed by atoms with Gasteiger partial charge in [0.2, 0.25) is 0 Å². The molecule has 0 unspecified atom stereocenters. The molecule has 0 aliphatic rings. The van der Waals surface area contributed by atoms with Crippen LogP contribution in [0.25, 0.3) is 0 Å². The predicted octanol–water partition coefficient (Wildman–Crippen LogP) is 1.52. The Balaban J connectivity index is 3.75. The highest BCUT2D eigenvalue weighted by molar-refractivity contribution is 6.95. The highest BCUT2D eigenvalue weighted by atomic mass is 28.3. The Morgan fingerprint density at radius 1 is 1.10 bits per heavy atom. The maximum atomic E-state index is 9.73. The van der Waals surface area contributed by atoms with Crippen molar-refractivity contribution < 1.29 is 10.0 Å². The predicted molar refractivity (Wildman–Crippen MR) is 87.2 cm³/mol. The fourth-order valence-electron chi connectivity index (χ4n) is 3.26. The van der Waals surface area contributed by atoms with E-state index in [1.807, 2.05) is 6.92 Å². The molecule has 20 heavy (non-hydrogen) atoms. The fourth-order valence-corrected chi connectivity index (χ4v) is 7.60. The van der Waals surface area contributed by atoms with Crippen LogP contribution in [0.5, 0.6) is 0 Å². The van der Waals surface area contributed by atoms with Gasteiger partial charge in [-0.3, -0.25) is 0 Å². The molecule has 108 valence electrons. The molecule has 2 N–H and O–H groups in total. The van der Waals surface area contributed by atoms with E-state index in [2.05, 4.69) is 26.8 Å². The van der Waals surface area contributed by atoms with Crippen molar-refractivity contribution in [2.45, 2.75) is 52.2 Å². The zero-order valence-electron chi connectivity index (χ0n) is 12.9. The van der Waals surface area contributed by atoms with Gasteiger partial charge in [0.05, 0.1) is 19.7 Å². The summed E-state index contributed by atoms with van der Waals surface area (Å²) in [7, 11) is -3.24. The Hall–Kier alpha value is -1.09. The molecular weight excluding hydrogens is 265 g/mol. The average Bonchev–Trinajstić information content (AvgIpc) is 2.48. The van der Waals surface area contributed by atoms with Crippen molar-refractivity contribution in [2.75, 3.05) is 0 Å². The van der Waals surface area contributed by atoms with Crippen molar-refractivity contribution in [3.8, 4) is 6.07 Å². The summed E-state index contributed by atoms with van der Waals surface area (Å²) in [6.07, 6.45) is 0.757. The van der Waals surface area contributed by atoms with Crippen LogP contribution in [0.2, 0.25) is 18.1 Å². The topological polar surface area (TPSA) is 64.2 Å². The lowest BCUT2D eigenvalue weighted by molar-refractivity contribution is 0.426. The van der Waals surface area contributed by atoms with Crippen LogP contribution >= 0.6 is 0 Å². The third-order valence-corrected chi connectivity index (χ3v) is 10.4. The van der Waals surface area contributed by atoms with Crippen LogP contribution in [-0.2, 0) is 6.42 Å². The minimum absolute atomic E-state index is 0.609. The van der Waals surface area contributed by atoms with E-state index >= 15 is 0 Å². The quantitative estimate of drug-likeness (QED) is 0.780. The summed E-state index contributed by atoms with van der Waals surface area (Å²) in [5.74, 6) is 0. The van der Waals surface area contributed by atoms with E-state index < -0.39 is 15.2 Å². The molecule has 1 aromatic rings. The summed E-state index contributed by atoms with van der Waals surface area (Å²) in [4.78, 5) is 0. The largest absolute Gasteiger partial charge is 0.488 e. The van der Waals surface area contributed by atoms with E-state index in [-0.39, 0.29) is 0 Å². The SMILES string of the molecule is CCc1c(C#N)ccc(B(O)O)c1[Si](CC)(CC)CC. The standard InChI is InChI=1S/C15H24BNO2Si/c1-5-13-12(11-17)9-10-14(16(18)19)15(13)20(6-2,7-3)8-4/h9-10,18-19H,5-8H2,1-4H3. The summed E-state index contributed by atoms with van der Waals surface area (Å²) in [6, 6.07) is 8.87. The number of nitriles is 1. The molecule has 3 nitrogen and oxygen atoms in total. The van der Waals surface area contributed by atoms with Crippen LogP contribution < -0.4 is 10.6 Å². The normalized spacial score (nSPS) is 11.2. The lowest BCUT2D eigenvalue weighted by Crippen LogP contribution is -2.59. The first-order chi connectivity index (χ1) is 9.51. The van der Waals surface area contributed by atoms with E-state index in [1.54, 1.807) is 12.1 Å². The first kappa shape index (κ1) is 17.0. The summed E-state index contributed by atoms with van der Waals surface area (Å²) in [5, 5.41) is 29.9. The molecule has 0 aliphatic heterocycles. The van der Waals surface area contributed by atoms with Gasteiger partial charge in [-0.1, -0.05) is 57.1 Å². The van der Waals surface area contributed by atoms with Crippen molar-refractivity contribution in [1.82, 2.24) is 0 Å². The molecule has 5 heteroatoms. The first-order valence-electron chi connectivity index (χ1n) is 7.43. The second-order valence-electron chi connectivity index (χ2n) is 5.24. The molecule has 0 bridgehead atoms. The summed E-state index contributed by atoms with van der Waals surface area (Å²) >= 11 is 0. The Morgan fingerprint density at radius 2 is 1.65 bits per heavy atom. The van der Waals surface area contributed by atoms with Gasteiger partial charge in [0.25, 0.3) is 0 Å².